The van der Waals surface area contributed by atoms with Crippen LogP contribution in [0, 0.1) is 17.6 Å². The van der Waals surface area contributed by atoms with Gasteiger partial charge in [0.25, 0.3) is 0 Å². The molecule has 0 aliphatic heterocycles. The Kier molecular flexibility index (Phi) is 5.15. The Morgan fingerprint density at radius 2 is 2.19 bits per heavy atom. The Labute approximate surface area is 132 Å². The van der Waals surface area contributed by atoms with E-state index in [0.717, 1.165) is 12.8 Å². The highest BCUT2D eigenvalue weighted by Crippen LogP contribution is 2.36. The maximum absolute atomic E-state index is 14.0. The van der Waals surface area contributed by atoms with Gasteiger partial charge >= 0.3 is 0 Å². The van der Waals surface area contributed by atoms with Crippen LogP contribution in [0.15, 0.2) is 16.6 Å². The van der Waals surface area contributed by atoms with Crippen molar-refractivity contribution in [2.75, 3.05) is 7.11 Å². The molecule has 0 N–H and O–H groups in total. The summed E-state index contributed by atoms with van der Waals surface area (Å²) < 4.78 is 33.5. The van der Waals surface area contributed by atoms with Crippen LogP contribution in [-0.4, -0.2) is 18.5 Å². The molecule has 1 fully saturated rings. The smallest absolute Gasteiger partial charge is 0.169 e. The van der Waals surface area contributed by atoms with Crippen molar-refractivity contribution in [3.63, 3.8) is 0 Å². The number of halogens is 3. The molecule has 0 saturated heterocycles. The molecule has 2 nitrogen and oxygen atoms in total. The van der Waals surface area contributed by atoms with Gasteiger partial charge in [0, 0.05) is 19.1 Å². The molecule has 1 aliphatic carbocycles. The minimum atomic E-state index is -0.904. The largest absolute Gasteiger partial charge is 0.370 e. The summed E-state index contributed by atoms with van der Waals surface area (Å²) >= 11 is 3.02. The Balaban J connectivity index is 2.26. The quantitative estimate of drug-likeness (QED) is 0.742. The van der Waals surface area contributed by atoms with E-state index in [-0.39, 0.29) is 22.2 Å². The summed E-state index contributed by atoms with van der Waals surface area (Å²) in [7, 11) is 1.50. The van der Waals surface area contributed by atoms with Gasteiger partial charge in [0.15, 0.2) is 5.78 Å². The van der Waals surface area contributed by atoms with E-state index in [2.05, 4.69) is 22.9 Å². The minimum Gasteiger partial charge on any atom is -0.370 e. The number of Topliss-reactive ketones (excluding diaryl/α,β-unsaturated/α-hetero) is 1. The second-order valence-corrected chi connectivity index (χ2v) is 6.68. The van der Waals surface area contributed by atoms with Crippen molar-refractivity contribution in [2.24, 2.45) is 5.92 Å². The zero-order valence-electron chi connectivity index (χ0n) is 12.2. The van der Waals surface area contributed by atoms with Crippen LogP contribution in [0.2, 0.25) is 0 Å². The maximum atomic E-state index is 14.0. The fourth-order valence-electron chi connectivity index (χ4n) is 3.11. The molecule has 1 aliphatic rings. The van der Waals surface area contributed by atoms with E-state index in [0.29, 0.717) is 18.8 Å². The van der Waals surface area contributed by atoms with Crippen LogP contribution in [-0.2, 0) is 16.0 Å². The highest BCUT2D eigenvalue weighted by atomic mass is 79.9. The number of carbonyl (C=O) groups is 1. The molecule has 0 bridgehead atoms. The van der Waals surface area contributed by atoms with Crippen molar-refractivity contribution in [1.29, 1.82) is 0 Å². The predicted molar refractivity (Wildman–Crippen MR) is 80.1 cm³/mol. The molecule has 0 amide bonds. The molecule has 2 rings (SSSR count). The predicted octanol–water partition coefficient (Wildman–Crippen LogP) is 4.43. The number of ether oxygens (including phenoxy) is 1. The molecule has 1 aromatic carbocycles. The number of methoxy groups -OCH3 is 1. The molecule has 1 aromatic rings. The standard InChI is InChI=1S/C16H19BrF2O2/c1-10-4-3-7-16(9-10,21-2)14(20)8-11-13(18)6-5-12(17)15(11)19/h5-6,10H,3-4,7-9H2,1-2H3. The molecule has 2 unspecified atom stereocenters. The summed E-state index contributed by atoms with van der Waals surface area (Å²) in [6.45, 7) is 2.07. The number of carbonyl (C=O) groups excluding carboxylic acids is 1. The Bertz CT molecular complexity index is 547. The van der Waals surface area contributed by atoms with Gasteiger partial charge in [-0.3, -0.25) is 4.79 Å². The third-order valence-electron chi connectivity index (χ3n) is 4.33. The van der Waals surface area contributed by atoms with Crippen LogP contribution in [0.4, 0.5) is 8.78 Å². The molecule has 0 radical (unpaired) electrons. The summed E-state index contributed by atoms with van der Waals surface area (Å²) in [4.78, 5) is 12.6. The van der Waals surface area contributed by atoms with Crippen molar-refractivity contribution in [2.45, 2.75) is 44.6 Å². The average molecular weight is 361 g/mol. The van der Waals surface area contributed by atoms with Crippen molar-refractivity contribution in [3.05, 3.63) is 33.8 Å². The van der Waals surface area contributed by atoms with Crippen LogP contribution in [0.5, 0.6) is 0 Å². The summed E-state index contributed by atoms with van der Waals surface area (Å²) in [5.74, 6) is -1.27. The lowest BCUT2D eigenvalue weighted by Crippen LogP contribution is -2.45. The highest BCUT2D eigenvalue weighted by molar-refractivity contribution is 9.10. The lowest BCUT2D eigenvalue weighted by molar-refractivity contribution is -0.146. The van der Waals surface area contributed by atoms with E-state index in [4.69, 9.17) is 4.74 Å². The first kappa shape index (κ1) is 16.6. The molecule has 0 spiro atoms. The molecular weight excluding hydrogens is 342 g/mol. The summed E-state index contributed by atoms with van der Waals surface area (Å²) in [5.41, 5.74) is -1.09. The first-order chi connectivity index (χ1) is 9.89. The number of hydrogen-bond donors (Lipinski definition) is 0. The van der Waals surface area contributed by atoms with Crippen molar-refractivity contribution in [1.82, 2.24) is 0 Å². The Hall–Kier alpha value is -0.810. The normalized spacial score (nSPS) is 25.9. The van der Waals surface area contributed by atoms with E-state index >= 15 is 0 Å². The van der Waals surface area contributed by atoms with Gasteiger partial charge in [0.2, 0.25) is 0 Å². The van der Waals surface area contributed by atoms with Crippen LogP contribution < -0.4 is 0 Å². The second kappa shape index (κ2) is 6.53. The molecule has 0 aromatic heterocycles. The monoisotopic (exact) mass is 360 g/mol. The average Bonchev–Trinajstić information content (AvgIpc) is 2.47. The van der Waals surface area contributed by atoms with Crippen LogP contribution in [0.3, 0.4) is 0 Å². The number of hydrogen-bond acceptors (Lipinski definition) is 2. The SMILES string of the molecule is COC1(C(=O)Cc2c(F)ccc(Br)c2F)CCCC(C)C1. The zero-order valence-corrected chi connectivity index (χ0v) is 13.8. The molecule has 1 saturated carbocycles. The van der Waals surface area contributed by atoms with Gasteiger partial charge < -0.3 is 4.74 Å². The number of rotatable bonds is 4. The lowest BCUT2D eigenvalue weighted by Gasteiger charge is -2.37. The fourth-order valence-corrected chi connectivity index (χ4v) is 3.48. The van der Waals surface area contributed by atoms with Gasteiger partial charge in [0.1, 0.15) is 17.2 Å². The van der Waals surface area contributed by atoms with Gasteiger partial charge in [-0.15, -0.1) is 0 Å². The van der Waals surface area contributed by atoms with E-state index in [1.807, 2.05) is 0 Å². The van der Waals surface area contributed by atoms with Gasteiger partial charge in [-0.2, -0.15) is 0 Å². The van der Waals surface area contributed by atoms with Crippen LogP contribution in [0.1, 0.15) is 38.2 Å². The Morgan fingerprint density at radius 1 is 1.48 bits per heavy atom. The third-order valence-corrected chi connectivity index (χ3v) is 4.94. The van der Waals surface area contributed by atoms with Gasteiger partial charge in [-0.1, -0.05) is 13.3 Å². The summed E-state index contributed by atoms with van der Waals surface area (Å²) in [6, 6.07) is 2.46. The van der Waals surface area contributed by atoms with Crippen LogP contribution in [0.25, 0.3) is 0 Å². The topological polar surface area (TPSA) is 26.3 Å². The molecular formula is C16H19BrF2O2. The molecule has 116 valence electrons. The third kappa shape index (κ3) is 3.34. The summed E-state index contributed by atoms with van der Waals surface area (Å²) in [6.07, 6.45) is 2.89. The first-order valence-corrected chi connectivity index (χ1v) is 7.90. The Morgan fingerprint density at radius 3 is 2.81 bits per heavy atom. The minimum absolute atomic E-state index is 0.162. The summed E-state index contributed by atoms with van der Waals surface area (Å²) in [5, 5.41) is 0. The second-order valence-electron chi connectivity index (χ2n) is 5.82. The van der Waals surface area contributed by atoms with E-state index < -0.39 is 17.2 Å². The fraction of sp³-hybridized carbons (Fsp3) is 0.562. The molecule has 2 atom stereocenters. The van der Waals surface area contributed by atoms with E-state index in [1.165, 1.54) is 19.2 Å². The highest BCUT2D eigenvalue weighted by Gasteiger charge is 2.41. The first-order valence-electron chi connectivity index (χ1n) is 7.10. The van der Waals surface area contributed by atoms with Crippen molar-refractivity contribution < 1.29 is 18.3 Å². The number of benzene rings is 1. The number of ketones is 1. The van der Waals surface area contributed by atoms with E-state index in [1.54, 1.807) is 0 Å². The molecule has 0 heterocycles. The van der Waals surface area contributed by atoms with E-state index in [9.17, 15) is 13.6 Å². The van der Waals surface area contributed by atoms with Crippen molar-refractivity contribution in [3.8, 4) is 0 Å². The van der Waals surface area contributed by atoms with Gasteiger partial charge in [-0.05, 0) is 53.2 Å². The maximum Gasteiger partial charge on any atom is 0.169 e. The van der Waals surface area contributed by atoms with Crippen LogP contribution >= 0.6 is 15.9 Å². The molecule has 21 heavy (non-hydrogen) atoms. The van der Waals surface area contributed by atoms with Gasteiger partial charge in [0.05, 0.1) is 4.47 Å². The lowest BCUT2D eigenvalue weighted by atomic mass is 9.75. The van der Waals surface area contributed by atoms with Crippen molar-refractivity contribution >= 4 is 21.7 Å². The van der Waals surface area contributed by atoms with Gasteiger partial charge in [-0.25, -0.2) is 8.78 Å². The zero-order chi connectivity index (χ0) is 15.6. The molecule has 5 heteroatoms.